The second-order valence-electron chi connectivity index (χ2n) is 14.1. The Bertz CT molecular complexity index is 2710. The highest BCUT2D eigenvalue weighted by atomic mass is 15.0. The highest BCUT2D eigenvalue weighted by Crippen LogP contribution is 2.50. The van der Waals surface area contributed by atoms with Crippen LogP contribution in [-0.2, 0) is 5.41 Å². The maximum absolute atomic E-state index is 4.29. The molecule has 9 aromatic rings. The largest absolute Gasteiger partial charge is 0.309 e. The molecule has 0 fully saturated rings. The summed E-state index contributed by atoms with van der Waals surface area (Å²) in [6.45, 7) is 4.74. The van der Waals surface area contributed by atoms with Gasteiger partial charge in [0.25, 0.3) is 0 Å². The van der Waals surface area contributed by atoms with Gasteiger partial charge in [0.2, 0.25) is 0 Å². The summed E-state index contributed by atoms with van der Waals surface area (Å²) < 4.78 is 2.40. The predicted octanol–water partition coefficient (Wildman–Crippen LogP) is 12.6. The number of fused-ring (bicyclic) bond motifs is 7. The minimum Gasteiger partial charge on any atom is -0.309 e. The molecule has 7 aromatic carbocycles. The van der Waals surface area contributed by atoms with Crippen molar-refractivity contribution in [3.05, 3.63) is 181 Å². The van der Waals surface area contributed by atoms with Crippen LogP contribution in [-0.4, -0.2) is 9.55 Å². The summed E-state index contributed by atoms with van der Waals surface area (Å²) >= 11 is 0. The van der Waals surface area contributed by atoms with Gasteiger partial charge in [-0.15, -0.1) is 0 Å². The molecule has 1 aliphatic rings. The lowest BCUT2D eigenvalue weighted by Crippen LogP contribution is -2.15. The summed E-state index contributed by atoms with van der Waals surface area (Å²) in [4.78, 5) is 4.29. The Morgan fingerprint density at radius 3 is 1.62 bits per heavy atom. The van der Waals surface area contributed by atoms with Gasteiger partial charge >= 0.3 is 0 Å². The summed E-state index contributed by atoms with van der Waals surface area (Å²) in [5.41, 5.74) is 16.2. The van der Waals surface area contributed by atoms with Crippen LogP contribution < -0.4 is 0 Å². The Morgan fingerprint density at radius 2 is 0.980 bits per heavy atom. The number of aromatic nitrogens is 2. The second-order valence-corrected chi connectivity index (χ2v) is 14.1. The maximum atomic E-state index is 4.29. The molecule has 0 unspecified atom stereocenters. The molecule has 0 aliphatic heterocycles. The topological polar surface area (TPSA) is 17.8 Å². The molecule has 0 amide bonds. The molecule has 0 saturated heterocycles. The zero-order chi connectivity index (χ0) is 33.4. The van der Waals surface area contributed by atoms with E-state index >= 15 is 0 Å². The molecule has 2 heteroatoms. The molecule has 0 saturated carbocycles. The predicted molar refractivity (Wildman–Crippen MR) is 210 cm³/mol. The van der Waals surface area contributed by atoms with Gasteiger partial charge in [-0.25, -0.2) is 0 Å². The van der Waals surface area contributed by atoms with E-state index in [0.717, 1.165) is 5.56 Å². The van der Waals surface area contributed by atoms with Crippen molar-refractivity contribution < 1.29 is 0 Å². The van der Waals surface area contributed by atoms with Gasteiger partial charge in [-0.2, -0.15) is 0 Å². The van der Waals surface area contributed by atoms with Gasteiger partial charge in [0, 0.05) is 34.3 Å². The van der Waals surface area contributed by atoms with E-state index in [-0.39, 0.29) is 5.41 Å². The third-order valence-electron chi connectivity index (χ3n) is 10.9. The van der Waals surface area contributed by atoms with Crippen molar-refractivity contribution in [3.63, 3.8) is 0 Å². The summed E-state index contributed by atoms with van der Waals surface area (Å²) in [7, 11) is 0. The second kappa shape index (κ2) is 10.9. The number of benzene rings is 7. The van der Waals surface area contributed by atoms with Crippen LogP contribution in [0.4, 0.5) is 0 Å². The van der Waals surface area contributed by atoms with E-state index in [9.17, 15) is 0 Å². The van der Waals surface area contributed by atoms with Crippen molar-refractivity contribution in [3.8, 4) is 50.2 Å². The molecule has 50 heavy (non-hydrogen) atoms. The number of pyridine rings is 1. The number of para-hydroxylation sites is 2. The van der Waals surface area contributed by atoms with E-state index in [1.54, 1.807) is 0 Å². The van der Waals surface area contributed by atoms with Crippen LogP contribution in [0.3, 0.4) is 0 Å². The van der Waals surface area contributed by atoms with Crippen LogP contribution in [0.25, 0.3) is 82.8 Å². The summed E-state index contributed by atoms with van der Waals surface area (Å²) in [6, 6.07) is 58.1. The van der Waals surface area contributed by atoms with Crippen LogP contribution in [0.15, 0.2) is 170 Å². The smallest absolute Gasteiger partial charge is 0.0541 e. The Hall–Kier alpha value is -6.25. The number of hydrogen-bond acceptors (Lipinski definition) is 1. The summed E-state index contributed by atoms with van der Waals surface area (Å²) in [5, 5.41) is 5.05. The summed E-state index contributed by atoms with van der Waals surface area (Å²) in [6.07, 6.45) is 3.73. The lowest BCUT2D eigenvalue weighted by molar-refractivity contribution is 0.661. The Labute approximate surface area is 291 Å². The molecule has 2 heterocycles. The van der Waals surface area contributed by atoms with Crippen molar-refractivity contribution in [2.45, 2.75) is 19.3 Å². The lowest BCUT2D eigenvalue weighted by Gasteiger charge is -2.22. The van der Waals surface area contributed by atoms with Crippen LogP contribution in [0.5, 0.6) is 0 Å². The molecular weight excluding hydrogens is 605 g/mol. The van der Waals surface area contributed by atoms with E-state index in [1.807, 2.05) is 18.5 Å². The van der Waals surface area contributed by atoms with Gasteiger partial charge in [-0.05, 0) is 115 Å². The Kier molecular flexibility index (Phi) is 6.25. The Morgan fingerprint density at radius 1 is 0.440 bits per heavy atom. The first-order valence-electron chi connectivity index (χ1n) is 17.4. The first-order chi connectivity index (χ1) is 24.5. The van der Waals surface area contributed by atoms with E-state index in [1.165, 1.54) is 88.3 Å². The van der Waals surface area contributed by atoms with E-state index in [4.69, 9.17) is 0 Å². The number of nitrogens with zero attached hydrogens (tertiary/aromatic N) is 2. The molecular formula is C48H34N2. The maximum Gasteiger partial charge on any atom is 0.0541 e. The molecule has 0 N–H and O–H groups in total. The zero-order valence-electron chi connectivity index (χ0n) is 28.1. The average molecular weight is 639 g/mol. The molecule has 10 rings (SSSR count). The zero-order valence-corrected chi connectivity index (χ0v) is 28.1. The number of hydrogen-bond donors (Lipinski definition) is 0. The quantitative estimate of drug-likeness (QED) is 0.188. The lowest BCUT2D eigenvalue weighted by atomic mass is 9.80. The van der Waals surface area contributed by atoms with Gasteiger partial charge in [0.1, 0.15) is 0 Å². The van der Waals surface area contributed by atoms with Gasteiger partial charge in [0.05, 0.1) is 11.0 Å². The van der Waals surface area contributed by atoms with Gasteiger partial charge < -0.3 is 4.57 Å². The van der Waals surface area contributed by atoms with Crippen molar-refractivity contribution in [2.75, 3.05) is 0 Å². The minimum atomic E-state index is -0.118. The third kappa shape index (κ3) is 4.38. The van der Waals surface area contributed by atoms with Gasteiger partial charge in [-0.1, -0.05) is 123 Å². The molecule has 2 nitrogen and oxygen atoms in total. The van der Waals surface area contributed by atoms with Crippen molar-refractivity contribution in [1.29, 1.82) is 0 Å². The molecule has 0 radical (unpaired) electrons. The summed E-state index contributed by atoms with van der Waals surface area (Å²) in [5.74, 6) is 0. The number of rotatable bonds is 4. The van der Waals surface area contributed by atoms with Crippen molar-refractivity contribution in [2.24, 2.45) is 0 Å². The Balaban J connectivity index is 1.01. The van der Waals surface area contributed by atoms with Crippen LogP contribution in [0.1, 0.15) is 25.0 Å². The van der Waals surface area contributed by atoms with Crippen LogP contribution in [0, 0.1) is 0 Å². The van der Waals surface area contributed by atoms with Gasteiger partial charge in [0.15, 0.2) is 0 Å². The molecule has 2 aromatic heterocycles. The van der Waals surface area contributed by atoms with Crippen LogP contribution in [0.2, 0.25) is 0 Å². The molecule has 1 aliphatic carbocycles. The fourth-order valence-corrected chi connectivity index (χ4v) is 8.24. The average Bonchev–Trinajstić information content (AvgIpc) is 3.63. The fraction of sp³-hybridized carbons (Fsp3) is 0.0625. The standard InChI is InChI=1S/C48H34N2/c1-48(2)44-28-35(31-13-15-32(16-14-31)37-8-7-25-49-30-37)20-23-40(44)41-24-21-36(29-45(41)48)34-18-17-33-19-22-39(27-38(33)26-34)50-46-11-5-3-9-42(46)43-10-4-6-12-47(43)50/h3-30H,1-2H3. The van der Waals surface area contributed by atoms with E-state index in [2.05, 4.69) is 175 Å². The third-order valence-corrected chi connectivity index (χ3v) is 10.9. The normalized spacial score (nSPS) is 13.2. The molecule has 0 atom stereocenters. The van der Waals surface area contributed by atoms with E-state index in [0.29, 0.717) is 0 Å². The van der Waals surface area contributed by atoms with Gasteiger partial charge in [-0.3, -0.25) is 4.98 Å². The molecule has 0 bridgehead atoms. The van der Waals surface area contributed by atoms with Crippen molar-refractivity contribution >= 4 is 32.6 Å². The fourth-order valence-electron chi connectivity index (χ4n) is 8.24. The SMILES string of the molecule is CC1(C)c2cc(-c3ccc(-c4cccnc4)cc3)ccc2-c2ccc(-c3ccc4ccc(-n5c6ccccc6c6ccccc65)cc4c3)cc21. The molecule has 0 spiro atoms. The van der Waals surface area contributed by atoms with Crippen molar-refractivity contribution in [1.82, 2.24) is 9.55 Å². The van der Waals surface area contributed by atoms with Crippen LogP contribution >= 0.6 is 0 Å². The highest BCUT2D eigenvalue weighted by molar-refractivity contribution is 6.09. The van der Waals surface area contributed by atoms with E-state index < -0.39 is 0 Å². The first kappa shape index (κ1) is 28.7. The molecule has 236 valence electrons. The minimum absolute atomic E-state index is 0.118. The highest BCUT2D eigenvalue weighted by Gasteiger charge is 2.36. The monoisotopic (exact) mass is 638 g/mol. The first-order valence-corrected chi connectivity index (χ1v) is 17.4.